The molecule has 0 amide bonds. The van der Waals surface area contributed by atoms with Crippen LogP contribution in [-0.4, -0.2) is 30.3 Å². The number of aliphatic carboxylic acids is 1. The molecule has 2 atom stereocenters. The zero-order chi connectivity index (χ0) is 9.35. The highest BCUT2D eigenvalue weighted by molar-refractivity contribution is 5.71. The molecule has 1 aliphatic rings. The van der Waals surface area contributed by atoms with Crippen molar-refractivity contribution in [3.8, 4) is 0 Å². The molecule has 1 heterocycles. The van der Waals surface area contributed by atoms with Crippen molar-refractivity contribution in [3.63, 3.8) is 0 Å². The van der Waals surface area contributed by atoms with Gasteiger partial charge in [0.15, 0.2) is 0 Å². The lowest BCUT2D eigenvalue weighted by molar-refractivity contribution is -0.187. The number of carboxylic acids is 1. The van der Waals surface area contributed by atoms with Crippen molar-refractivity contribution >= 4 is 5.97 Å². The molecule has 3 nitrogen and oxygen atoms in total. The van der Waals surface area contributed by atoms with Crippen molar-refractivity contribution < 1.29 is 23.1 Å². The summed E-state index contributed by atoms with van der Waals surface area (Å²) >= 11 is 0. The number of carbonyl (C=O) groups is 1. The first kappa shape index (κ1) is 9.31. The summed E-state index contributed by atoms with van der Waals surface area (Å²) in [5.41, 5.74) is 0. The topological polar surface area (TPSA) is 49.3 Å². The fourth-order valence-corrected chi connectivity index (χ4v) is 1.28. The molecule has 70 valence electrons. The van der Waals surface area contributed by atoms with Gasteiger partial charge in [-0.1, -0.05) is 0 Å². The van der Waals surface area contributed by atoms with Crippen LogP contribution in [0.3, 0.4) is 0 Å². The lowest BCUT2D eigenvalue weighted by Gasteiger charge is -2.17. The molecule has 0 aromatic rings. The number of hydrogen-bond acceptors (Lipinski definition) is 2. The van der Waals surface area contributed by atoms with Crippen LogP contribution in [0.4, 0.5) is 13.2 Å². The van der Waals surface area contributed by atoms with Gasteiger partial charge in [0, 0.05) is 13.1 Å². The molecule has 12 heavy (non-hydrogen) atoms. The first-order chi connectivity index (χ1) is 5.43. The predicted molar refractivity (Wildman–Crippen MR) is 33.5 cm³/mol. The smallest absolute Gasteiger partial charge is 0.393 e. The standard InChI is InChI=1S/C6H8F3NO2/c7-6(8,9)4-2-10-1-3(4)5(11)12/h3-4,10H,1-2H2,(H,11,12)/t3-,4-/m0/s1. The van der Waals surface area contributed by atoms with Gasteiger partial charge in [0.05, 0.1) is 11.8 Å². The van der Waals surface area contributed by atoms with Gasteiger partial charge in [0.1, 0.15) is 0 Å². The molecule has 0 spiro atoms. The third kappa shape index (κ3) is 1.69. The summed E-state index contributed by atoms with van der Waals surface area (Å²) in [6, 6.07) is 0. The average Bonchev–Trinajstić information content (AvgIpc) is 2.30. The Morgan fingerprint density at radius 2 is 2.00 bits per heavy atom. The van der Waals surface area contributed by atoms with Gasteiger partial charge in [-0.15, -0.1) is 0 Å². The Balaban J connectivity index is 2.71. The molecule has 0 unspecified atom stereocenters. The van der Waals surface area contributed by atoms with Crippen LogP contribution in [0.1, 0.15) is 0 Å². The minimum Gasteiger partial charge on any atom is -0.481 e. The first-order valence-electron chi connectivity index (χ1n) is 3.43. The van der Waals surface area contributed by atoms with Crippen molar-refractivity contribution in [2.24, 2.45) is 11.8 Å². The minimum absolute atomic E-state index is 0.0977. The normalized spacial score (nSPS) is 30.6. The molecule has 0 saturated carbocycles. The number of halogens is 3. The van der Waals surface area contributed by atoms with Crippen molar-refractivity contribution in [3.05, 3.63) is 0 Å². The molecule has 1 saturated heterocycles. The fourth-order valence-electron chi connectivity index (χ4n) is 1.28. The molecule has 1 rings (SSSR count). The summed E-state index contributed by atoms with van der Waals surface area (Å²) in [6.45, 7) is -0.389. The highest BCUT2D eigenvalue weighted by Crippen LogP contribution is 2.34. The van der Waals surface area contributed by atoms with E-state index in [1.807, 2.05) is 0 Å². The monoisotopic (exact) mass is 183 g/mol. The Morgan fingerprint density at radius 3 is 2.33 bits per heavy atom. The summed E-state index contributed by atoms with van der Waals surface area (Å²) in [6.07, 6.45) is -4.41. The number of hydrogen-bond donors (Lipinski definition) is 2. The molecule has 0 radical (unpaired) electrons. The summed E-state index contributed by atoms with van der Waals surface area (Å²) in [5.74, 6) is -4.46. The van der Waals surface area contributed by atoms with E-state index < -0.39 is 24.0 Å². The largest absolute Gasteiger partial charge is 0.481 e. The van der Waals surface area contributed by atoms with Crippen LogP contribution >= 0.6 is 0 Å². The molecule has 0 aromatic heterocycles. The van der Waals surface area contributed by atoms with E-state index in [-0.39, 0.29) is 13.1 Å². The van der Waals surface area contributed by atoms with E-state index in [4.69, 9.17) is 5.11 Å². The van der Waals surface area contributed by atoms with E-state index in [1.54, 1.807) is 0 Å². The van der Waals surface area contributed by atoms with Gasteiger partial charge in [-0.2, -0.15) is 13.2 Å². The average molecular weight is 183 g/mol. The van der Waals surface area contributed by atoms with Crippen molar-refractivity contribution in [2.75, 3.05) is 13.1 Å². The second-order valence-corrected chi connectivity index (χ2v) is 2.75. The molecule has 6 heteroatoms. The number of nitrogens with one attached hydrogen (secondary N) is 1. The molecule has 1 fully saturated rings. The van der Waals surface area contributed by atoms with Gasteiger partial charge in [0.2, 0.25) is 0 Å². The number of rotatable bonds is 1. The molecule has 0 bridgehead atoms. The van der Waals surface area contributed by atoms with Crippen LogP contribution in [0.5, 0.6) is 0 Å². The molecule has 0 aliphatic carbocycles. The number of carboxylic acid groups (broad SMARTS) is 1. The Labute approximate surface area is 66.6 Å². The Kier molecular flexibility index (Phi) is 2.27. The second kappa shape index (κ2) is 2.93. The third-order valence-corrected chi connectivity index (χ3v) is 1.95. The Morgan fingerprint density at radius 1 is 1.42 bits per heavy atom. The van der Waals surface area contributed by atoms with Gasteiger partial charge < -0.3 is 10.4 Å². The van der Waals surface area contributed by atoms with Crippen LogP contribution in [-0.2, 0) is 4.79 Å². The van der Waals surface area contributed by atoms with Gasteiger partial charge >= 0.3 is 12.1 Å². The lowest BCUT2D eigenvalue weighted by atomic mass is 9.96. The lowest BCUT2D eigenvalue weighted by Crippen LogP contribution is -2.33. The van der Waals surface area contributed by atoms with Gasteiger partial charge in [-0.05, 0) is 0 Å². The van der Waals surface area contributed by atoms with Crippen LogP contribution < -0.4 is 5.32 Å². The van der Waals surface area contributed by atoms with E-state index in [0.29, 0.717) is 0 Å². The van der Waals surface area contributed by atoms with Crippen LogP contribution in [0.25, 0.3) is 0 Å². The highest BCUT2D eigenvalue weighted by Gasteiger charge is 2.49. The predicted octanol–water partition coefficient (Wildman–Crippen LogP) is 0.469. The summed E-state index contributed by atoms with van der Waals surface area (Å²) in [7, 11) is 0. The molecular formula is C6H8F3NO2. The van der Waals surface area contributed by atoms with Crippen LogP contribution in [0, 0.1) is 11.8 Å². The fraction of sp³-hybridized carbons (Fsp3) is 0.833. The maximum atomic E-state index is 12.1. The Bertz CT molecular complexity index is 192. The highest BCUT2D eigenvalue weighted by atomic mass is 19.4. The van der Waals surface area contributed by atoms with Crippen molar-refractivity contribution in [2.45, 2.75) is 6.18 Å². The maximum Gasteiger partial charge on any atom is 0.393 e. The maximum absolute atomic E-state index is 12.1. The SMILES string of the molecule is O=C(O)[C@H]1CNC[C@@H]1C(F)(F)F. The minimum atomic E-state index is -4.41. The summed E-state index contributed by atoms with van der Waals surface area (Å²) in [5, 5.41) is 10.8. The van der Waals surface area contributed by atoms with E-state index >= 15 is 0 Å². The van der Waals surface area contributed by atoms with Crippen molar-refractivity contribution in [1.29, 1.82) is 0 Å². The van der Waals surface area contributed by atoms with Gasteiger partial charge in [0.25, 0.3) is 0 Å². The summed E-state index contributed by atoms with van der Waals surface area (Å²) < 4.78 is 36.2. The molecule has 0 aromatic carbocycles. The Hall–Kier alpha value is -0.780. The quantitative estimate of drug-likeness (QED) is 0.621. The first-order valence-corrected chi connectivity index (χ1v) is 3.43. The summed E-state index contributed by atoms with van der Waals surface area (Å²) in [4.78, 5) is 10.3. The molecule has 2 N–H and O–H groups in total. The van der Waals surface area contributed by atoms with Crippen LogP contribution in [0.2, 0.25) is 0 Å². The number of alkyl halides is 3. The van der Waals surface area contributed by atoms with E-state index in [1.165, 1.54) is 0 Å². The second-order valence-electron chi connectivity index (χ2n) is 2.75. The third-order valence-electron chi connectivity index (χ3n) is 1.95. The van der Waals surface area contributed by atoms with Gasteiger partial charge in [-0.25, -0.2) is 0 Å². The van der Waals surface area contributed by atoms with Crippen LogP contribution in [0.15, 0.2) is 0 Å². The van der Waals surface area contributed by atoms with Crippen molar-refractivity contribution in [1.82, 2.24) is 5.32 Å². The van der Waals surface area contributed by atoms with E-state index in [2.05, 4.69) is 5.32 Å². The molecule has 1 aliphatic heterocycles. The van der Waals surface area contributed by atoms with Gasteiger partial charge in [-0.3, -0.25) is 4.79 Å². The zero-order valence-corrected chi connectivity index (χ0v) is 6.06. The molecular weight excluding hydrogens is 175 g/mol. The van der Waals surface area contributed by atoms with E-state index in [9.17, 15) is 18.0 Å². The zero-order valence-electron chi connectivity index (χ0n) is 6.06. The van der Waals surface area contributed by atoms with E-state index in [0.717, 1.165) is 0 Å².